The van der Waals surface area contributed by atoms with E-state index < -0.39 is 0 Å². The lowest BCUT2D eigenvalue weighted by molar-refractivity contribution is -0.142. The molecule has 0 aliphatic rings. The summed E-state index contributed by atoms with van der Waals surface area (Å²) in [5.41, 5.74) is 0.415. The van der Waals surface area contributed by atoms with Crippen molar-refractivity contribution in [2.45, 2.75) is 33.5 Å². The molecule has 0 spiro atoms. The molecular formula is C11H20O4. The largest absolute Gasteiger partial charge is 0.462 e. The topological polar surface area (TPSA) is 44.8 Å². The molecule has 0 amide bonds. The van der Waals surface area contributed by atoms with E-state index in [9.17, 15) is 4.79 Å². The van der Waals surface area contributed by atoms with Crippen LogP contribution in [-0.2, 0) is 19.0 Å². The number of carbonyl (C=O) groups excluding carboxylic acids is 1. The summed E-state index contributed by atoms with van der Waals surface area (Å²) in [6.07, 6.45) is 0.461. The van der Waals surface area contributed by atoms with Crippen LogP contribution in [0.1, 0.15) is 27.2 Å². The average molecular weight is 216 g/mol. The van der Waals surface area contributed by atoms with Crippen molar-refractivity contribution < 1.29 is 19.0 Å². The van der Waals surface area contributed by atoms with Gasteiger partial charge in [-0.05, 0) is 20.8 Å². The first-order valence-electron chi connectivity index (χ1n) is 5.13. The van der Waals surface area contributed by atoms with E-state index in [1.165, 1.54) is 0 Å². The molecule has 0 heterocycles. The highest BCUT2D eigenvalue weighted by Crippen LogP contribution is 1.97. The highest BCUT2D eigenvalue weighted by atomic mass is 16.7. The van der Waals surface area contributed by atoms with E-state index in [2.05, 4.69) is 6.58 Å². The maximum Gasteiger partial charge on any atom is 0.333 e. The molecule has 0 radical (unpaired) electrons. The molecule has 0 aliphatic heterocycles. The van der Waals surface area contributed by atoms with E-state index in [4.69, 9.17) is 14.2 Å². The third-order valence-electron chi connectivity index (χ3n) is 1.62. The van der Waals surface area contributed by atoms with Crippen molar-refractivity contribution in [2.75, 3.05) is 19.8 Å². The smallest absolute Gasteiger partial charge is 0.333 e. The first-order chi connectivity index (χ1) is 7.07. The zero-order valence-electron chi connectivity index (χ0n) is 9.75. The van der Waals surface area contributed by atoms with Crippen LogP contribution < -0.4 is 0 Å². The van der Waals surface area contributed by atoms with Gasteiger partial charge in [-0.2, -0.15) is 0 Å². The summed E-state index contributed by atoms with van der Waals surface area (Å²) in [7, 11) is 0. The van der Waals surface area contributed by atoms with Crippen LogP contribution in [0.4, 0.5) is 0 Å². The molecular weight excluding hydrogens is 196 g/mol. The van der Waals surface area contributed by atoms with E-state index >= 15 is 0 Å². The molecule has 0 fully saturated rings. The van der Waals surface area contributed by atoms with Crippen LogP contribution in [-0.4, -0.2) is 32.1 Å². The van der Waals surface area contributed by atoms with Gasteiger partial charge in [-0.15, -0.1) is 0 Å². The fraction of sp³-hybridized carbons (Fsp3) is 0.727. The van der Waals surface area contributed by atoms with E-state index in [1.807, 2.05) is 13.8 Å². The predicted octanol–water partition coefficient (Wildman–Crippen LogP) is 1.89. The van der Waals surface area contributed by atoms with Gasteiger partial charge in [-0.1, -0.05) is 6.58 Å². The van der Waals surface area contributed by atoms with Crippen LogP contribution in [0.5, 0.6) is 0 Å². The average Bonchev–Trinajstić information content (AvgIpc) is 2.17. The number of carbonyl (C=O) groups is 1. The van der Waals surface area contributed by atoms with Crippen LogP contribution >= 0.6 is 0 Å². The van der Waals surface area contributed by atoms with Gasteiger partial charge in [0.2, 0.25) is 0 Å². The Balaban J connectivity index is 3.32. The van der Waals surface area contributed by atoms with Crippen LogP contribution in [0, 0.1) is 0 Å². The second-order valence-corrected chi connectivity index (χ2v) is 3.16. The minimum absolute atomic E-state index is 0.202. The third-order valence-corrected chi connectivity index (χ3v) is 1.62. The summed E-state index contributed by atoms with van der Waals surface area (Å²) in [4.78, 5) is 11.0. The van der Waals surface area contributed by atoms with Gasteiger partial charge in [0.25, 0.3) is 0 Å². The molecule has 0 rings (SSSR count). The maximum absolute atomic E-state index is 11.0. The Kier molecular flexibility index (Phi) is 7.95. The molecule has 88 valence electrons. The summed E-state index contributed by atoms with van der Waals surface area (Å²) in [6.45, 7) is 10.4. The quantitative estimate of drug-likeness (QED) is 0.269. The summed E-state index contributed by atoms with van der Waals surface area (Å²) >= 11 is 0. The van der Waals surface area contributed by atoms with Crippen molar-refractivity contribution in [1.82, 2.24) is 0 Å². The molecule has 1 atom stereocenters. The number of hydrogen-bond donors (Lipinski definition) is 0. The zero-order valence-corrected chi connectivity index (χ0v) is 9.75. The first kappa shape index (κ1) is 14.1. The van der Waals surface area contributed by atoms with Crippen molar-refractivity contribution in [3.8, 4) is 0 Å². The Morgan fingerprint density at radius 3 is 2.53 bits per heavy atom. The van der Waals surface area contributed by atoms with Crippen LogP contribution in [0.25, 0.3) is 0 Å². The highest BCUT2D eigenvalue weighted by Gasteiger charge is 2.03. The molecule has 0 aromatic rings. The Bertz CT molecular complexity index is 201. The predicted molar refractivity (Wildman–Crippen MR) is 57.4 cm³/mol. The normalized spacial score (nSPS) is 12.2. The zero-order chi connectivity index (χ0) is 11.7. The van der Waals surface area contributed by atoms with E-state index in [0.717, 1.165) is 0 Å². The van der Waals surface area contributed by atoms with Crippen LogP contribution in [0.3, 0.4) is 0 Å². The van der Waals surface area contributed by atoms with Gasteiger partial charge in [-0.3, -0.25) is 0 Å². The summed E-state index contributed by atoms with van der Waals surface area (Å²) in [6, 6.07) is 0. The molecule has 0 N–H and O–H groups in total. The summed E-state index contributed by atoms with van der Waals surface area (Å²) < 4.78 is 15.3. The molecule has 1 unspecified atom stereocenters. The van der Waals surface area contributed by atoms with Gasteiger partial charge in [-0.25, -0.2) is 4.79 Å². The SMILES string of the molecule is C=C(C)C(=O)OCCCOC(C)OCC. The van der Waals surface area contributed by atoms with Crippen molar-refractivity contribution in [3.63, 3.8) is 0 Å². The number of ether oxygens (including phenoxy) is 3. The second-order valence-electron chi connectivity index (χ2n) is 3.16. The van der Waals surface area contributed by atoms with Crippen LogP contribution in [0.15, 0.2) is 12.2 Å². The lowest BCUT2D eigenvalue weighted by atomic mass is 10.4. The second kappa shape index (κ2) is 8.44. The maximum atomic E-state index is 11.0. The minimum Gasteiger partial charge on any atom is -0.462 e. The van der Waals surface area contributed by atoms with Gasteiger partial charge in [0.1, 0.15) is 0 Å². The third kappa shape index (κ3) is 8.15. The van der Waals surface area contributed by atoms with Gasteiger partial charge in [0.05, 0.1) is 13.2 Å². The van der Waals surface area contributed by atoms with Gasteiger partial charge in [0, 0.05) is 18.6 Å². The fourth-order valence-electron chi connectivity index (χ4n) is 0.879. The summed E-state index contributed by atoms with van der Waals surface area (Å²) in [5.74, 6) is -0.354. The number of rotatable bonds is 8. The van der Waals surface area contributed by atoms with E-state index in [-0.39, 0.29) is 12.3 Å². The molecule has 0 saturated carbocycles. The van der Waals surface area contributed by atoms with Crippen molar-refractivity contribution in [1.29, 1.82) is 0 Å². The molecule has 0 bridgehead atoms. The van der Waals surface area contributed by atoms with Crippen LogP contribution in [0.2, 0.25) is 0 Å². The lowest BCUT2D eigenvalue weighted by Gasteiger charge is -2.12. The Morgan fingerprint density at radius 2 is 2.00 bits per heavy atom. The molecule has 4 nitrogen and oxygen atoms in total. The minimum atomic E-state index is -0.354. The number of esters is 1. The Labute approximate surface area is 91.2 Å². The van der Waals surface area contributed by atoms with Gasteiger partial charge < -0.3 is 14.2 Å². The molecule has 4 heteroatoms. The Morgan fingerprint density at radius 1 is 1.33 bits per heavy atom. The van der Waals surface area contributed by atoms with Gasteiger partial charge in [0.15, 0.2) is 6.29 Å². The standard InChI is InChI=1S/C11H20O4/c1-5-13-10(4)14-7-6-8-15-11(12)9(2)3/h10H,2,5-8H2,1,3-4H3. The van der Waals surface area contributed by atoms with Crippen molar-refractivity contribution in [2.24, 2.45) is 0 Å². The van der Waals surface area contributed by atoms with Crippen molar-refractivity contribution in [3.05, 3.63) is 12.2 Å². The molecule has 0 aromatic heterocycles. The monoisotopic (exact) mass is 216 g/mol. The fourth-order valence-corrected chi connectivity index (χ4v) is 0.879. The molecule has 15 heavy (non-hydrogen) atoms. The van der Waals surface area contributed by atoms with Gasteiger partial charge >= 0.3 is 5.97 Å². The van der Waals surface area contributed by atoms with Crippen molar-refractivity contribution >= 4 is 5.97 Å². The molecule has 0 aromatic carbocycles. The highest BCUT2D eigenvalue weighted by molar-refractivity contribution is 5.86. The van der Waals surface area contributed by atoms with E-state index in [0.29, 0.717) is 31.8 Å². The number of hydrogen-bond acceptors (Lipinski definition) is 4. The summed E-state index contributed by atoms with van der Waals surface area (Å²) in [5, 5.41) is 0. The Hall–Kier alpha value is -0.870. The lowest BCUT2D eigenvalue weighted by Crippen LogP contribution is -2.15. The first-order valence-corrected chi connectivity index (χ1v) is 5.13. The molecule has 0 saturated heterocycles. The van der Waals surface area contributed by atoms with E-state index in [1.54, 1.807) is 6.92 Å². The molecule has 0 aliphatic carbocycles.